The number of ether oxygens (including phenoxy) is 2. The molecule has 0 unspecified atom stereocenters. The third kappa shape index (κ3) is 4.19. The minimum atomic E-state index is 0.0194. The summed E-state index contributed by atoms with van der Waals surface area (Å²) in [7, 11) is 0. The van der Waals surface area contributed by atoms with E-state index in [1.54, 1.807) is 0 Å². The smallest absolute Gasteiger partial charge is 0.195 e. The van der Waals surface area contributed by atoms with E-state index in [1.165, 1.54) is 11.3 Å². The zero-order chi connectivity index (χ0) is 21.2. The van der Waals surface area contributed by atoms with Crippen LogP contribution in [-0.2, 0) is 4.74 Å². The van der Waals surface area contributed by atoms with E-state index in [-0.39, 0.29) is 5.78 Å². The molecule has 0 atom stereocenters. The summed E-state index contributed by atoms with van der Waals surface area (Å²) in [5.41, 5.74) is 4.32. The molecule has 3 aromatic rings. The van der Waals surface area contributed by atoms with Crippen molar-refractivity contribution in [1.82, 2.24) is 4.90 Å². The number of ketones is 1. The van der Waals surface area contributed by atoms with Gasteiger partial charge in [0.25, 0.3) is 0 Å². The lowest BCUT2D eigenvalue weighted by atomic mass is 9.97. The molecule has 2 aliphatic rings. The third-order valence-corrected chi connectivity index (χ3v) is 6.89. The number of thiophene rings is 1. The summed E-state index contributed by atoms with van der Waals surface area (Å²) in [6.07, 6.45) is 0. The van der Waals surface area contributed by atoms with Crippen LogP contribution < -0.4 is 4.74 Å². The van der Waals surface area contributed by atoms with Gasteiger partial charge < -0.3 is 9.47 Å². The molecule has 5 rings (SSSR count). The Bertz CT molecular complexity index is 1130. The molecule has 2 heterocycles. The van der Waals surface area contributed by atoms with Crippen molar-refractivity contribution < 1.29 is 14.3 Å². The first-order chi connectivity index (χ1) is 15.2. The van der Waals surface area contributed by atoms with E-state index in [0.717, 1.165) is 60.2 Å². The molecule has 1 aliphatic heterocycles. The Morgan fingerprint density at radius 2 is 1.77 bits per heavy atom. The molecule has 4 nitrogen and oxygen atoms in total. The average molecular weight is 452 g/mol. The van der Waals surface area contributed by atoms with Crippen LogP contribution in [0.25, 0.3) is 11.1 Å². The van der Waals surface area contributed by atoms with Crippen LogP contribution in [0.4, 0.5) is 0 Å². The highest BCUT2D eigenvalue weighted by Crippen LogP contribution is 2.45. The van der Waals surface area contributed by atoms with Gasteiger partial charge in [0.15, 0.2) is 5.78 Å². The van der Waals surface area contributed by atoms with Crippen LogP contribution in [0, 0.1) is 0 Å². The van der Waals surface area contributed by atoms with Gasteiger partial charge in [-0.25, -0.2) is 0 Å². The van der Waals surface area contributed by atoms with Gasteiger partial charge in [0.05, 0.1) is 17.6 Å². The van der Waals surface area contributed by atoms with Gasteiger partial charge >= 0.3 is 0 Å². The van der Waals surface area contributed by atoms with Crippen LogP contribution >= 0.6 is 22.9 Å². The standard InChI is InChI=1S/C25H22ClNO3S/c26-22-9-8-21(31-22)24-23(17-4-2-1-3-5-17)19-7-6-18(16-20(19)25(24)28)30-15-12-27-10-13-29-14-11-27/h1-9,16H,10-15H2. The molecule has 6 heteroatoms. The zero-order valence-electron chi connectivity index (χ0n) is 17.0. The van der Waals surface area contributed by atoms with Gasteiger partial charge in [-0.3, -0.25) is 9.69 Å². The number of morpholine rings is 1. The molecule has 2 aromatic carbocycles. The first-order valence-corrected chi connectivity index (χ1v) is 11.6. The maximum atomic E-state index is 13.5. The van der Waals surface area contributed by atoms with Crippen LogP contribution in [0.2, 0.25) is 4.34 Å². The third-order valence-electron chi connectivity index (χ3n) is 5.64. The Hall–Kier alpha value is -2.44. The van der Waals surface area contributed by atoms with Crippen LogP contribution in [0.1, 0.15) is 26.4 Å². The molecule has 0 spiro atoms. The van der Waals surface area contributed by atoms with Crippen molar-refractivity contribution in [2.45, 2.75) is 0 Å². The van der Waals surface area contributed by atoms with Gasteiger partial charge in [0, 0.05) is 41.2 Å². The predicted molar refractivity (Wildman–Crippen MR) is 125 cm³/mol. The molecule has 1 aromatic heterocycles. The lowest BCUT2D eigenvalue weighted by molar-refractivity contribution is 0.0322. The lowest BCUT2D eigenvalue weighted by Gasteiger charge is -2.26. The summed E-state index contributed by atoms with van der Waals surface area (Å²) in [5, 5.41) is 0. The van der Waals surface area contributed by atoms with Crippen molar-refractivity contribution in [1.29, 1.82) is 0 Å². The highest BCUT2D eigenvalue weighted by Gasteiger charge is 2.32. The molecular weight excluding hydrogens is 430 g/mol. The number of benzene rings is 2. The lowest BCUT2D eigenvalue weighted by Crippen LogP contribution is -2.38. The second-order valence-corrected chi connectivity index (χ2v) is 9.27. The largest absolute Gasteiger partial charge is 0.492 e. The minimum absolute atomic E-state index is 0.0194. The highest BCUT2D eigenvalue weighted by atomic mass is 35.5. The number of rotatable bonds is 6. The molecule has 158 valence electrons. The Kier molecular flexibility index (Phi) is 5.92. The fourth-order valence-corrected chi connectivity index (χ4v) is 5.20. The topological polar surface area (TPSA) is 38.8 Å². The number of halogens is 1. The van der Waals surface area contributed by atoms with E-state index < -0.39 is 0 Å². The van der Waals surface area contributed by atoms with Gasteiger partial charge in [-0.1, -0.05) is 41.9 Å². The molecule has 0 radical (unpaired) electrons. The molecule has 0 amide bonds. The van der Waals surface area contributed by atoms with Crippen LogP contribution in [0.15, 0.2) is 60.7 Å². The summed E-state index contributed by atoms with van der Waals surface area (Å²) >= 11 is 7.62. The monoisotopic (exact) mass is 451 g/mol. The fourth-order valence-electron chi connectivity index (χ4n) is 4.11. The number of nitrogens with zero attached hydrogens (tertiary/aromatic N) is 1. The van der Waals surface area contributed by atoms with Crippen molar-refractivity contribution in [3.05, 3.63) is 86.6 Å². The normalized spacial score (nSPS) is 16.6. The maximum Gasteiger partial charge on any atom is 0.195 e. The molecule has 0 bridgehead atoms. The first-order valence-electron chi connectivity index (χ1n) is 10.4. The molecule has 0 N–H and O–H groups in total. The van der Waals surface area contributed by atoms with Crippen molar-refractivity contribution >= 4 is 39.9 Å². The van der Waals surface area contributed by atoms with E-state index in [0.29, 0.717) is 22.1 Å². The van der Waals surface area contributed by atoms with Crippen LogP contribution in [0.5, 0.6) is 5.75 Å². The molecule has 1 fully saturated rings. The van der Waals surface area contributed by atoms with Gasteiger partial charge in [0.1, 0.15) is 12.4 Å². The summed E-state index contributed by atoms with van der Waals surface area (Å²) in [6.45, 7) is 4.85. The van der Waals surface area contributed by atoms with Crippen molar-refractivity contribution in [3.63, 3.8) is 0 Å². The summed E-state index contributed by atoms with van der Waals surface area (Å²) < 4.78 is 12.1. The van der Waals surface area contributed by atoms with Gasteiger partial charge in [-0.05, 0) is 41.5 Å². The van der Waals surface area contributed by atoms with E-state index >= 15 is 0 Å². The minimum Gasteiger partial charge on any atom is -0.492 e. The van der Waals surface area contributed by atoms with Gasteiger partial charge in [0.2, 0.25) is 0 Å². The van der Waals surface area contributed by atoms with E-state index in [4.69, 9.17) is 21.1 Å². The van der Waals surface area contributed by atoms with Gasteiger partial charge in [-0.2, -0.15) is 0 Å². The maximum absolute atomic E-state index is 13.5. The predicted octanol–water partition coefficient (Wildman–Crippen LogP) is 5.27. The van der Waals surface area contributed by atoms with Crippen molar-refractivity contribution in [3.8, 4) is 5.75 Å². The van der Waals surface area contributed by atoms with E-state index in [1.807, 2.05) is 60.7 Å². The number of Topliss-reactive ketones (excluding diaryl/α,β-unsaturated/α-hetero) is 1. The van der Waals surface area contributed by atoms with Crippen molar-refractivity contribution in [2.24, 2.45) is 0 Å². The zero-order valence-corrected chi connectivity index (χ0v) is 18.5. The van der Waals surface area contributed by atoms with Gasteiger partial charge in [-0.15, -0.1) is 11.3 Å². The van der Waals surface area contributed by atoms with Crippen molar-refractivity contribution in [2.75, 3.05) is 39.5 Å². The number of carbonyl (C=O) groups excluding carboxylic acids is 1. The van der Waals surface area contributed by atoms with E-state index in [2.05, 4.69) is 4.90 Å². The van der Waals surface area contributed by atoms with Crippen LogP contribution in [-0.4, -0.2) is 50.1 Å². The SMILES string of the molecule is O=C1C(c2ccc(Cl)s2)=C(c2ccccc2)c2ccc(OCCN3CCOCC3)cc21. The molecule has 31 heavy (non-hydrogen) atoms. The highest BCUT2D eigenvalue weighted by molar-refractivity contribution is 7.17. The second-order valence-electron chi connectivity index (χ2n) is 7.56. The Labute approximate surface area is 190 Å². The Balaban J connectivity index is 1.44. The first kappa shape index (κ1) is 20.5. The number of fused-ring (bicyclic) bond motifs is 1. The molecule has 0 saturated carbocycles. The van der Waals surface area contributed by atoms with Crippen LogP contribution in [0.3, 0.4) is 0 Å². The Morgan fingerprint density at radius 1 is 0.968 bits per heavy atom. The Morgan fingerprint density at radius 3 is 2.52 bits per heavy atom. The summed E-state index contributed by atoms with van der Waals surface area (Å²) in [5.74, 6) is 0.740. The summed E-state index contributed by atoms with van der Waals surface area (Å²) in [4.78, 5) is 16.7. The molecule has 1 aliphatic carbocycles. The fraction of sp³-hybridized carbons (Fsp3) is 0.240. The number of allylic oxidation sites excluding steroid dienone is 1. The second kappa shape index (κ2) is 8.97. The number of carbonyl (C=O) groups is 1. The molecule has 1 saturated heterocycles. The average Bonchev–Trinajstić information content (AvgIpc) is 3.36. The number of hydrogen-bond acceptors (Lipinski definition) is 5. The molecular formula is C25H22ClNO3S. The summed E-state index contributed by atoms with van der Waals surface area (Å²) in [6, 6.07) is 19.7. The quantitative estimate of drug-likeness (QED) is 0.512. The number of hydrogen-bond donors (Lipinski definition) is 0. The van der Waals surface area contributed by atoms with E-state index in [9.17, 15) is 4.79 Å².